The summed E-state index contributed by atoms with van der Waals surface area (Å²) in [6, 6.07) is 5.17. The molecule has 0 bridgehead atoms. The van der Waals surface area contributed by atoms with Gasteiger partial charge in [-0.2, -0.15) is 0 Å². The Balaban J connectivity index is 2.94. The lowest BCUT2D eigenvalue weighted by molar-refractivity contribution is 0.260. The zero-order valence-electron chi connectivity index (χ0n) is 9.90. The number of carbonyl (C=O) groups excluding carboxylic acids is 1. The molecule has 5 heteroatoms. The van der Waals surface area contributed by atoms with Crippen molar-refractivity contribution in [3.8, 4) is 0 Å². The summed E-state index contributed by atoms with van der Waals surface area (Å²) in [6.45, 7) is 3.83. The number of rotatable bonds is 1. The summed E-state index contributed by atoms with van der Waals surface area (Å²) in [5.74, 6) is 0. The first-order chi connectivity index (χ1) is 7.28. The fraction of sp³-hybridized carbons (Fsp3) is 0.364. The highest BCUT2D eigenvalue weighted by atomic mass is 32.2. The second-order valence-corrected chi connectivity index (χ2v) is 6.57. The monoisotopic (exact) mass is 240 g/mol. The number of anilines is 1. The molecule has 16 heavy (non-hydrogen) atoms. The molecule has 0 radical (unpaired) electrons. The van der Waals surface area contributed by atoms with Gasteiger partial charge in [-0.1, -0.05) is 12.1 Å². The number of nitrogens with one attached hydrogen (secondary N) is 1. The van der Waals surface area contributed by atoms with Crippen molar-refractivity contribution in [3.63, 3.8) is 0 Å². The van der Waals surface area contributed by atoms with Crippen LogP contribution in [0.2, 0.25) is 0 Å². The van der Waals surface area contributed by atoms with Crippen molar-refractivity contribution in [2.45, 2.75) is 13.8 Å². The Labute approximate surface area is 96.2 Å². The summed E-state index contributed by atoms with van der Waals surface area (Å²) >= 11 is 0. The zero-order chi connectivity index (χ0) is 12.3. The van der Waals surface area contributed by atoms with E-state index in [2.05, 4.69) is 9.68 Å². The highest BCUT2D eigenvalue weighted by molar-refractivity contribution is 7.92. The van der Waals surface area contributed by atoms with E-state index < -0.39 is 15.8 Å². The lowest BCUT2D eigenvalue weighted by atomic mass is 10.1. The largest absolute Gasteiger partial charge is 0.353 e. The smallest absolute Gasteiger partial charge is 0.305 e. The number of benzene rings is 1. The van der Waals surface area contributed by atoms with E-state index in [0.29, 0.717) is 5.69 Å². The number of nitrogens with zero attached hydrogens (tertiary/aromatic N) is 1. The van der Waals surface area contributed by atoms with Gasteiger partial charge in [-0.15, -0.1) is 4.36 Å². The van der Waals surface area contributed by atoms with Gasteiger partial charge in [-0.25, -0.2) is 9.00 Å². The molecule has 0 fully saturated rings. The molecule has 88 valence electrons. The molecular formula is C11H16N2O2S. The molecule has 0 spiro atoms. The molecule has 0 saturated carbocycles. The van der Waals surface area contributed by atoms with Crippen molar-refractivity contribution in [2.24, 2.45) is 4.36 Å². The van der Waals surface area contributed by atoms with Gasteiger partial charge in [-0.3, -0.25) is 0 Å². The van der Waals surface area contributed by atoms with Crippen LogP contribution in [-0.2, 0) is 9.73 Å². The van der Waals surface area contributed by atoms with Crippen molar-refractivity contribution in [3.05, 3.63) is 29.3 Å². The standard InChI is InChI=1S/C11H16N2O2S/c1-8-5-6-9(2)10(7-8)12-11(14)13-16(3,4)15/h5-7H,1-4H3,(H,12,14). The Morgan fingerprint density at radius 2 is 1.94 bits per heavy atom. The first-order valence-corrected chi connectivity index (χ1v) is 7.16. The first kappa shape index (κ1) is 12.7. The second-order valence-electron chi connectivity index (χ2n) is 4.02. The molecule has 1 rings (SSSR count). The first-order valence-electron chi connectivity index (χ1n) is 4.83. The lowest BCUT2D eigenvalue weighted by Crippen LogP contribution is -2.10. The van der Waals surface area contributed by atoms with E-state index in [1.807, 2.05) is 32.0 Å². The minimum Gasteiger partial charge on any atom is -0.305 e. The number of hydrogen-bond acceptors (Lipinski definition) is 2. The van der Waals surface area contributed by atoms with Gasteiger partial charge in [0.05, 0.1) is 9.73 Å². The third kappa shape index (κ3) is 4.02. The second kappa shape index (κ2) is 4.65. The summed E-state index contributed by atoms with van der Waals surface area (Å²) in [5.41, 5.74) is 2.71. The van der Waals surface area contributed by atoms with Gasteiger partial charge in [0, 0.05) is 18.2 Å². The predicted molar refractivity (Wildman–Crippen MR) is 67.4 cm³/mol. The van der Waals surface area contributed by atoms with Gasteiger partial charge in [0.1, 0.15) is 0 Å². The van der Waals surface area contributed by atoms with Crippen LogP contribution in [0.4, 0.5) is 10.5 Å². The summed E-state index contributed by atoms with van der Waals surface area (Å²) in [6.07, 6.45) is 2.85. The SMILES string of the molecule is Cc1ccc(C)c(NC(=O)N=S(C)(C)=O)c1. The molecule has 1 aromatic carbocycles. The number of carbonyl (C=O) groups is 1. The minimum atomic E-state index is -2.40. The van der Waals surface area contributed by atoms with Crippen LogP contribution in [0.5, 0.6) is 0 Å². The number of amides is 2. The van der Waals surface area contributed by atoms with Crippen molar-refractivity contribution in [1.29, 1.82) is 0 Å². The summed E-state index contributed by atoms with van der Waals surface area (Å²) in [5, 5.41) is 2.62. The Morgan fingerprint density at radius 3 is 2.50 bits per heavy atom. The summed E-state index contributed by atoms with van der Waals surface area (Å²) in [4.78, 5) is 11.4. The topological polar surface area (TPSA) is 58.5 Å². The van der Waals surface area contributed by atoms with Crippen LogP contribution >= 0.6 is 0 Å². The van der Waals surface area contributed by atoms with Crippen LogP contribution in [-0.4, -0.2) is 22.8 Å². The zero-order valence-corrected chi connectivity index (χ0v) is 10.7. The molecule has 0 atom stereocenters. The number of aryl methyl sites for hydroxylation is 2. The molecule has 0 saturated heterocycles. The number of urea groups is 1. The average Bonchev–Trinajstić information content (AvgIpc) is 2.08. The highest BCUT2D eigenvalue weighted by Gasteiger charge is 2.04. The molecular weight excluding hydrogens is 224 g/mol. The molecule has 0 aliphatic heterocycles. The van der Waals surface area contributed by atoms with Crippen molar-refractivity contribution < 1.29 is 9.00 Å². The third-order valence-corrected chi connectivity index (χ3v) is 2.54. The maximum Gasteiger partial charge on any atom is 0.353 e. The Hall–Kier alpha value is -1.36. The van der Waals surface area contributed by atoms with Crippen molar-refractivity contribution >= 4 is 21.4 Å². The van der Waals surface area contributed by atoms with E-state index in [0.717, 1.165) is 11.1 Å². The molecule has 0 heterocycles. The molecule has 2 amide bonds. The van der Waals surface area contributed by atoms with E-state index in [1.54, 1.807) is 0 Å². The van der Waals surface area contributed by atoms with Crippen molar-refractivity contribution in [2.75, 3.05) is 17.8 Å². The maximum atomic E-state index is 11.4. The Kier molecular flexibility index (Phi) is 3.70. The van der Waals surface area contributed by atoms with Crippen LogP contribution < -0.4 is 5.32 Å². The van der Waals surface area contributed by atoms with Crippen LogP contribution in [0.1, 0.15) is 11.1 Å². The normalized spacial score (nSPS) is 11.0. The fourth-order valence-corrected chi connectivity index (χ4v) is 1.65. The third-order valence-electron chi connectivity index (χ3n) is 1.94. The van der Waals surface area contributed by atoms with Crippen LogP contribution in [0.3, 0.4) is 0 Å². The van der Waals surface area contributed by atoms with Crippen molar-refractivity contribution in [1.82, 2.24) is 0 Å². The Bertz CT molecular complexity index is 521. The van der Waals surface area contributed by atoms with Crippen LogP contribution in [0.15, 0.2) is 22.6 Å². The lowest BCUT2D eigenvalue weighted by Gasteiger charge is -2.07. The molecule has 4 nitrogen and oxygen atoms in total. The molecule has 0 aromatic heterocycles. The average molecular weight is 240 g/mol. The predicted octanol–water partition coefficient (Wildman–Crippen LogP) is 2.56. The van der Waals surface area contributed by atoms with E-state index in [1.165, 1.54) is 12.5 Å². The van der Waals surface area contributed by atoms with E-state index in [9.17, 15) is 9.00 Å². The van der Waals surface area contributed by atoms with Gasteiger partial charge in [-0.05, 0) is 31.0 Å². The molecule has 0 unspecified atom stereocenters. The van der Waals surface area contributed by atoms with E-state index in [4.69, 9.17) is 0 Å². The molecule has 1 N–H and O–H groups in total. The Morgan fingerprint density at radius 1 is 1.31 bits per heavy atom. The van der Waals surface area contributed by atoms with Gasteiger partial charge in [0.15, 0.2) is 0 Å². The fourth-order valence-electron chi connectivity index (χ4n) is 1.21. The number of hydrogen-bond donors (Lipinski definition) is 1. The van der Waals surface area contributed by atoms with Crippen LogP contribution in [0.25, 0.3) is 0 Å². The van der Waals surface area contributed by atoms with E-state index in [-0.39, 0.29) is 0 Å². The van der Waals surface area contributed by atoms with Gasteiger partial charge < -0.3 is 5.32 Å². The van der Waals surface area contributed by atoms with Gasteiger partial charge in [0.2, 0.25) is 0 Å². The van der Waals surface area contributed by atoms with E-state index >= 15 is 0 Å². The van der Waals surface area contributed by atoms with Gasteiger partial charge >= 0.3 is 6.03 Å². The molecule has 0 aliphatic rings. The molecule has 0 aliphatic carbocycles. The quantitative estimate of drug-likeness (QED) is 0.820. The maximum absolute atomic E-state index is 11.4. The highest BCUT2D eigenvalue weighted by Crippen LogP contribution is 2.16. The molecule has 1 aromatic rings. The van der Waals surface area contributed by atoms with Crippen LogP contribution in [0, 0.1) is 13.8 Å². The minimum absolute atomic E-state index is 0.566. The summed E-state index contributed by atoms with van der Waals surface area (Å²) < 4.78 is 14.9. The summed E-state index contributed by atoms with van der Waals surface area (Å²) in [7, 11) is -2.40. The van der Waals surface area contributed by atoms with Gasteiger partial charge in [0.25, 0.3) is 0 Å².